The molecule has 0 heterocycles. The second kappa shape index (κ2) is 12.4. The van der Waals surface area contributed by atoms with Gasteiger partial charge in [0, 0.05) is 0 Å². The maximum atomic E-state index is 2.51. The molecular weight excluding hydrogens is 300 g/mol. The molecule has 0 aliphatic rings. The van der Waals surface area contributed by atoms with E-state index in [0.717, 1.165) is 53.3 Å². The third-order valence-electron chi connectivity index (χ3n) is 7.25. The quantitative estimate of drug-likeness (QED) is 0.311. The molecule has 0 amide bonds. The molecule has 6 unspecified atom stereocenters. The fourth-order valence-corrected chi connectivity index (χ4v) is 5.75. The highest BCUT2D eigenvalue weighted by Gasteiger charge is 2.31. The Kier molecular flexibility index (Phi) is 12.4. The standard InChI is InChI=1S/C25H52/c1-12-21(10)25(19(7)8)24(18(5)6)15-14-20(9)16-22(11)23(13-2)17(3)4/h17-25H,12-16H2,1-11H3. The highest BCUT2D eigenvalue weighted by atomic mass is 14.4. The lowest BCUT2D eigenvalue weighted by molar-refractivity contribution is 0.114. The Balaban J connectivity index is 4.79. The third-order valence-corrected chi connectivity index (χ3v) is 7.25. The first-order valence-corrected chi connectivity index (χ1v) is 11.6. The predicted molar refractivity (Wildman–Crippen MR) is 117 cm³/mol. The van der Waals surface area contributed by atoms with Crippen molar-refractivity contribution in [3.05, 3.63) is 0 Å². The molecule has 25 heavy (non-hydrogen) atoms. The fraction of sp³-hybridized carbons (Fsp3) is 1.00. The summed E-state index contributed by atoms with van der Waals surface area (Å²) in [6.07, 6.45) is 6.92. The van der Waals surface area contributed by atoms with Crippen LogP contribution in [-0.4, -0.2) is 0 Å². The zero-order valence-corrected chi connectivity index (χ0v) is 19.7. The molecule has 0 fully saturated rings. The molecule has 0 bridgehead atoms. The highest BCUT2D eigenvalue weighted by molar-refractivity contribution is 4.80. The Morgan fingerprint density at radius 1 is 0.520 bits per heavy atom. The molecule has 0 aromatic heterocycles. The number of hydrogen-bond acceptors (Lipinski definition) is 0. The normalized spacial score (nSPS) is 19.9. The Morgan fingerprint density at radius 3 is 1.40 bits per heavy atom. The minimum Gasteiger partial charge on any atom is -0.0651 e. The smallest absolute Gasteiger partial charge is 0.0335 e. The second-order valence-electron chi connectivity index (χ2n) is 10.3. The molecule has 0 nitrogen and oxygen atoms in total. The van der Waals surface area contributed by atoms with Crippen molar-refractivity contribution in [2.24, 2.45) is 53.3 Å². The van der Waals surface area contributed by atoms with Crippen molar-refractivity contribution in [2.75, 3.05) is 0 Å². The monoisotopic (exact) mass is 352 g/mol. The maximum absolute atomic E-state index is 2.51. The summed E-state index contributed by atoms with van der Waals surface area (Å²) in [5.41, 5.74) is 0. The molecule has 0 aromatic carbocycles. The summed E-state index contributed by atoms with van der Waals surface area (Å²) in [4.78, 5) is 0. The van der Waals surface area contributed by atoms with Crippen molar-refractivity contribution in [3.8, 4) is 0 Å². The summed E-state index contributed by atoms with van der Waals surface area (Å²) in [6.45, 7) is 26.9. The lowest BCUT2D eigenvalue weighted by Gasteiger charge is -2.38. The summed E-state index contributed by atoms with van der Waals surface area (Å²) in [5.74, 6) is 7.70. The molecule has 152 valence electrons. The summed E-state index contributed by atoms with van der Waals surface area (Å²) >= 11 is 0. The van der Waals surface area contributed by atoms with E-state index in [-0.39, 0.29) is 0 Å². The van der Waals surface area contributed by atoms with Crippen molar-refractivity contribution in [3.63, 3.8) is 0 Å². The van der Waals surface area contributed by atoms with Crippen LogP contribution in [0.25, 0.3) is 0 Å². The van der Waals surface area contributed by atoms with Gasteiger partial charge in [-0.25, -0.2) is 0 Å². The molecule has 0 saturated carbocycles. The minimum absolute atomic E-state index is 0.807. The van der Waals surface area contributed by atoms with E-state index in [1.807, 2.05) is 0 Å². The van der Waals surface area contributed by atoms with Crippen LogP contribution < -0.4 is 0 Å². The van der Waals surface area contributed by atoms with Gasteiger partial charge in [0.2, 0.25) is 0 Å². The zero-order chi connectivity index (χ0) is 19.7. The van der Waals surface area contributed by atoms with Crippen LogP contribution in [-0.2, 0) is 0 Å². The lowest BCUT2D eigenvalue weighted by atomic mass is 9.67. The Bertz CT molecular complexity index is 314. The van der Waals surface area contributed by atoms with Crippen LogP contribution in [0, 0.1) is 53.3 Å². The topological polar surface area (TPSA) is 0 Å². The first-order valence-electron chi connectivity index (χ1n) is 11.6. The molecule has 0 heteroatoms. The maximum Gasteiger partial charge on any atom is -0.0335 e. The van der Waals surface area contributed by atoms with Gasteiger partial charge in [-0.1, -0.05) is 95.4 Å². The minimum atomic E-state index is 0.807. The van der Waals surface area contributed by atoms with Crippen LogP contribution in [0.4, 0.5) is 0 Å². The van der Waals surface area contributed by atoms with Crippen LogP contribution in [0.5, 0.6) is 0 Å². The zero-order valence-electron chi connectivity index (χ0n) is 19.7. The van der Waals surface area contributed by atoms with E-state index in [1.54, 1.807) is 0 Å². The Labute approximate surface area is 161 Å². The summed E-state index contributed by atoms with van der Waals surface area (Å²) < 4.78 is 0. The van der Waals surface area contributed by atoms with Gasteiger partial charge in [-0.15, -0.1) is 0 Å². The molecular formula is C25H52. The lowest BCUT2D eigenvalue weighted by Crippen LogP contribution is -2.30. The van der Waals surface area contributed by atoms with E-state index >= 15 is 0 Å². The van der Waals surface area contributed by atoms with E-state index in [1.165, 1.54) is 32.1 Å². The van der Waals surface area contributed by atoms with Gasteiger partial charge in [0.1, 0.15) is 0 Å². The summed E-state index contributed by atoms with van der Waals surface area (Å²) in [5, 5.41) is 0. The average Bonchev–Trinajstić information content (AvgIpc) is 2.49. The molecule has 0 N–H and O–H groups in total. The van der Waals surface area contributed by atoms with Gasteiger partial charge in [0.05, 0.1) is 0 Å². The van der Waals surface area contributed by atoms with E-state index in [4.69, 9.17) is 0 Å². The first-order chi connectivity index (χ1) is 11.6. The molecule has 0 aromatic rings. The highest BCUT2D eigenvalue weighted by Crippen LogP contribution is 2.39. The van der Waals surface area contributed by atoms with E-state index in [2.05, 4.69) is 76.2 Å². The van der Waals surface area contributed by atoms with Crippen LogP contribution in [0.1, 0.15) is 108 Å². The van der Waals surface area contributed by atoms with Gasteiger partial charge < -0.3 is 0 Å². The molecule has 6 atom stereocenters. The van der Waals surface area contributed by atoms with E-state index < -0.39 is 0 Å². The van der Waals surface area contributed by atoms with Gasteiger partial charge in [-0.2, -0.15) is 0 Å². The van der Waals surface area contributed by atoms with Crippen molar-refractivity contribution in [1.29, 1.82) is 0 Å². The first kappa shape index (κ1) is 25.0. The largest absolute Gasteiger partial charge is 0.0651 e. The van der Waals surface area contributed by atoms with Gasteiger partial charge in [-0.05, 0) is 66.1 Å². The van der Waals surface area contributed by atoms with Crippen molar-refractivity contribution >= 4 is 0 Å². The summed E-state index contributed by atoms with van der Waals surface area (Å²) in [6, 6.07) is 0. The van der Waals surface area contributed by atoms with Crippen LogP contribution in [0.2, 0.25) is 0 Å². The molecule has 0 spiro atoms. The number of hydrogen-bond donors (Lipinski definition) is 0. The average molecular weight is 353 g/mol. The SMILES string of the molecule is CCC(C)C(C(C)C)C(CCC(C)CC(C)C(CC)C(C)C)C(C)C. The summed E-state index contributed by atoms with van der Waals surface area (Å²) in [7, 11) is 0. The van der Waals surface area contributed by atoms with Crippen LogP contribution >= 0.6 is 0 Å². The Morgan fingerprint density at radius 2 is 1.04 bits per heavy atom. The second-order valence-corrected chi connectivity index (χ2v) is 10.3. The molecule has 0 radical (unpaired) electrons. The molecule has 0 rings (SSSR count). The van der Waals surface area contributed by atoms with Gasteiger partial charge in [-0.3, -0.25) is 0 Å². The van der Waals surface area contributed by atoms with Crippen molar-refractivity contribution < 1.29 is 0 Å². The van der Waals surface area contributed by atoms with Crippen molar-refractivity contribution in [2.45, 2.75) is 108 Å². The fourth-order valence-electron chi connectivity index (χ4n) is 5.75. The molecule has 0 aliphatic heterocycles. The van der Waals surface area contributed by atoms with E-state index in [0.29, 0.717) is 0 Å². The molecule has 0 saturated heterocycles. The number of rotatable bonds is 13. The van der Waals surface area contributed by atoms with Gasteiger partial charge >= 0.3 is 0 Å². The van der Waals surface area contributed by atoms with Gasteiger partial charge in [0.25, 0.3) is 0 Å². The van der Waals surface area contributed by atoms with Gasteiger partial charge in [0.15, 0.2) is 0 Å². The van der Waals surface area contributed by atoms with E-state index in [9.17, 15) is 0 Å². The third kappa shape index (κ3) is 8.49. The Hall–Kier alpha value is 0. The predicted octanol–water partition coefficient (Wildman–Crippen LogP) is 8.70. The van der Waals surface area contributed by atoms with Crippen LogP contribution in [0.15, 0.2) is 0 Å². The van der Waals surface area contributed by atoms with Crippen molar-refractivity contribution in [1.82, 2.24) is 0 Å². The molecule has 0 aliphatic carbocycles. The van der Waals surface area contributed by atoms with Crippen LogP contribution in [0.3, 0.4) is 0 Å².